The van der Waals surface area contributed by atoms with Crippen molar-refractivity contribution >= 4 is 0 Å². The number of hydrogen-bond donors (Lipinski definition) is 1. The van der Waals surface area contributed by atoms with Gasteiger partial charge >= 0.3 is 0 Å². The Balaban J connectivity index is 2.50. The highest BCUT2D eigenvalue weighted by Gasteiger charge is 1.86. The van der Waals surface area contributed by atoms with E-state index >= 15 is 0 Å². The normalized spacial score (nSPS) is 9.62. The number of H-pyrrole nitrogens is 1. The number of ether oxygens (including phenoxy) is 1. The average molecular weight is 111 g/mol. The van der Waals surface area contributed by atoms with Crippen LogP contribution in [0.5, 0.6) is 0 Å². The van der Waals surface area contributed by atoms with Gasteiger partial charge in [-0.2, -0.15) is 0 Å². The molecule has 1 aromatic heterocycles. The van der Waals surface area contributed by atoms with E-state index in [2.05, 4.69) is 4.98 Å². The van der Waals surface area contributed by atoms with E-state index < -0.39 is 0 Å². The molecule has 0 aromatic carbocycles. The van der Waals surface area contributed by atoms with Gasteiger partial charge in [-0.3, -0.25) is 0 Å². The van der Waals surface area contributed by atoms with Gasteiger partial charge in [0.15, 0.2) is 0 Å². The first kappa shape index (κ1) is 5.38. The lowest BCUT2D eigenvalue weighted by atomic mass is 10.4. The van der Waals surface area contributed by atoms with Crippen LogP contribution in [-0.2, 0) is 11.3 Å². The highest BCUT2D eigenvalue weighted by atomic mass is 16.5. The Bertz CT molecular complexity index is 134. The molecule has 0 aliphatic heterocycles. The molecule has 8 heavy (non-hydrogen) atoms. The van der Waals surface area contributed by atoms with Gasteiger partial charge in [0.05, 0.1) is 6.61 Å². The molecule has 0 saturated carbocycles. The van der Waals surface area contributed by atoms with Crippen molar-refractivity contribution in [3.05, 3.63) is 24.0 Å². The number of aromatic nitrogens is 1. The Morgan fingerprint density at radius 2 is 2.62 bits per heavy atom. The topological polar surface area (TPSA) is 25.0 Å². The molecule has 0 spiro atoms. The van der Waals surface area contributed by atoms with Crippen molar-refractivity contribution in [3.63, 3.8) is 0 Å². The third kappa shape index (κ3) is 1.10. The van der Waals surface area contributed by atoms with E-state index in [0.29, 0.717) is 6.61 Å². The summed E-state index contributed by atoms with van der Waals surface area (Å²) in [7, 11) is 1.69. The molecule has 0 aliphatic carbocycles. The average Bonchev–Trinajstić information content (AvgIpc) is 2.19. The van der Waals surface area contributed by atoms with Gasteiger partial charge in [0.1, 0.15) is 0 Å². The molecular formula is C6H9NO. The fraction of sp³-hybridized carbons (Fsp3) is 0.333. The first-order valence-corrected chi connectivity index (χ1v) is 2.54. The van der Waals surface area contributed by atoms with E-state index in [1.807, 2.05) is 18.5 Å². The number of nitrogens with one attached hydrogen (secondary N) is 1. The second kappa shape index (κ2) is 2.52. The summed E-state index contributed by atoms with van der Waals surface area (Å²) in [5.41, 5.74) is 1.19. The minimum atomic E-state index is 0.698. The molecule has 2 heteroatoms. The van der Waals surface area contributed by atoms with E-state index in [9.17, 15) is 0 Å². The molecule has 0 unspecified atom stereocenters. The van der Waals surface area contributed by atoms with Gasteiger partial charge in [-0.25, -0.2) is 0 Å². The van der Waals surface area contributed by atoms with Crippen molar-refractivity contribution in [1.29, 1.82) is 0 Å². The van der Waals surface area contributed by atoms with Crippen molar-refractivity contribution in [2.75, 3.05) is 7.11 Å². The summed E-state index contributed by atoms with van der Waals surface area (Å²) in [6.07, 6.45) is 3.80. The van der Waals surface area contributed by atoms with Crippen LogP contribution < -0.4 is 0 Å². The van der Waals surface area contributed by atoms with Crippen molar-refractivity contribution < 1.29 is 4.74 Å². The van der Waals surface area contributed by atoms with Gasteiger partial charge in [-0.05, 0) is 11.6 Å². The fourth-order valence-corrected chi connectivity index (χ4v) is 0.615. The number of hydrogen-bond acceptors (Lipinski definition) is 1. The zero-order valence-corrected chi connectivity index (χ0v) is 4.85. The maximum absolute atomic E-state index is 4.87. The van der Waals surface area contributed by atoms with E-state index in [1.165, 1.54) is 5.56 Å². The maximum atomic E-state index is 4.87. The summed E-state index contributed by atoms with van der Waals surface area (Å²) in [5.74, 6) is 0. The molecule has 0 bridgehead atoms. The number of methoxy groups -OCH3 is 1. The predicted octanol–water partition coefficient (Wildman–Crippen LogP) is 1.16. The molecule has 44 valence electrons. The molecule has 1 heterocycles. The molecule has 1 rings (SSSR count). The first-order valence-electron chi connectivity index (χ1n) is 2.54. The van der Waals surface area contributed by atoms with Gasteiger partial charge in [0, 0.05) is 19.5 Å². The minimum Gasteiger partial charge on any atom is -0.380 e. The zero-order chi connectivity index (χ0) is 5.82. The summed E-state index contributed by atoms with van der Waals surface area (Å²) in [5, 5.41) is 0. The monoisotopic (exact) mass is 111 g/mol. The fourth-order valence-electron chi connectivity index (χ4n) is 0.615. The highest BCUT2D eigenvalue weighted by Crippen LogP contribution is 1.96. The summed E-state index contributed by atoms with van der Waals surface area (Å²) in [6, 6.07) is 1.99. The standard InChI is InChI=1S/C6H9NO/c1-8-5-6-2-3-7-4-6/h2-4,7H,5H2,1H3. The Hall–Kier alpha value is -0.760. The maximum Gasteiger partial charge on any atom is 0.0727 e. The highest BCUT2D eigenvalue weighted by molar-refractivity contribution is 5.06. The molecule has 0 saturated heterocycles. The molecule has 1 aromatic rings. The van der Waals surface area contributed by atoms with Crippen LogP contribution in [0.4, 0.5) is 0 Å². The van der Waals surface area contributed by atoms with Gasteiger partial charge in [0.25, 0.3) is 0 Å². The molecule has 0 aliphatic rings. The smallest absolute Gasteiger partial charge is 0.0727 e. The lowest BCUT2D eigenvalue weighted by Gasteiger charge is -1.89. The van der Waals surface area contributed by atoms with Gasteiger partial charge in [0.2, 0.25) is 0 Å². The second-order valence-corrected chi connectivity index (χ2v) is 1.65. The largest absolute Gasteiger partial charge is 0.380 e. The Kier molecular flexibility index (Phi) is 1.70. The van der Waals surface area contributed by atoms with Crippen molar-refractivity contribution in [1.82, 2.24) is 4.98 Å². The summed E-state index contributed by atoms with van der Waals surface area (Å²) in [6.45, 7) is 0.698. The third-order valence-corrected chi connectivity index (χ3v) is 0.973. The molecule has 0 amide bonds. The summed E-state index contributed by atoms with van der Waals surface area (Å²) >= 11 is 0. The van der Waals surface area contributed by atoms with Crippen LogP contribution in [-0.4, -0.2) is 12.1 Å². The minimum absolute atomic E-state index is 0.698. The van der Waals surface area contributed by atoms with Crippen LogP contribution in [0.25, 0.3) is 0 Å². The Labute approximate surface area is 48.5 Å². The van der Waals surface area contributed by atoms with Gasteiger partial charge in [-0.1, -0.05) is 0 Å². The van der Waals surface area contributed by atoms with Crippen molar-refractivity contribution in [3.8, 4) is 0 Å². The van der Waals surface area contributed by atoms with E-state index in [1.54, 1.807) is 7.11 Å². The predicted molar refractivity (Wildman–Crippen MR) is 31.5 cm³/mol. The van der Waals surface area contributed by atoms with E-state index in [-0.39, 0.29) is 0 Å². The van der Waals surface area contributed by atoms with Gasteiger partial charge < -0.3 is 9.72 Å². The van der Waals surface area contributed by atoms with Gasteiger partial charge in [-0.15, -0.1) is 0 Å². The molecule has 0 fully saturated rings. The molecular weight excluding hydrogens is 102 g/mol. The van der Waals surface area contributed by atoms with E-state index in [0.717, 1.165) is 0 Å². The molecule has 0 atom stereocenters. The van der Waals surface area contributed by atoms with Crippen LogP contribution >= 0.6 is 0 Å². The third-order valence-electron chi connectivity index (χ3n) is 0.973. The lowest BCUT2D eigenvalue weighted by molar-refractivity contribution is 0.185. The van der Waals surface area contributed by atoms with Crippen LogP contribution in [0.1, 0.15) is 5.56 Å². The lowest BCUT2D eigenvalue weighted by Crippen LogP contribution is -1.81. The number of rotatable bonds is 2. The molecule has 1 N–H and O–H groups in total. The van der Waals surface area contributed by atoms with Crippen molar-refractivity contribution in [2.24, 2.45) is 0 Å². The van der Waals surface area contributed by atoms with E-state index in [4.69, 9.17) is 4.74 Å². The van der Waals surface area contributed by atoms with Crippen LogP contribution in [0.2, 0.25) is 0 Å². The van der Waals surface area contributed by atoms with Crippen molar-refractivity contribution in [2.45, 2.75) is 6.61 Å². The summed E-state index contributed by atoms with van der Waals surface area (Å²) < 4.78 is 4.87. The number of aromatic amines is 1. The van der Waals surface area contributed by atoms with Crippen LogP contribution in [0, 0.1) is 0 Å². The molecule has 2 nitrogen and oxygen atoms in total. The Morgan fingerprint density at radius 1 is 1.75 bits per heavy atom. The van der Waals surface area contributed by atoms with Crippen LogP contribution in [0.3, 0.4) is 0 Å². The zero-order valence-electron chi connectivity index (χ0n) is 4.85. The molecule has 0 radical (unpaired) electrons. The first-order chi connectivity index (χ1) is 3.93. The Morgan fingerprint density at radius 3 is 3.12 bits per heavy atom. The second-order valence-electron chi connectivity index (χ2n) is 1.65. The SMILES string of the molecule is COCc1cc[nH]c1. The van der Waals surface area contributed by atoms with Crippen LogP contribution in [0.15, 0.2) is 18.5 Å². The summed E-state index contributed by atoms with van der Waals surface area (Å²) in [4.78, 5) is 2.93. The quantitative estimate of drug-likeness (QED) is 0.608.